The fourth-order valence-electron chi connectivity index (χ4n) is 3.53. The van der Waals surface area contributed by atoms with Crippen LogP contribution in [-0.2, 0) is 4.74 Å². The number of nitrogens with one attached hydrogen (secondary N) is 1. The molecule has 1 atom stereocenters. The number of rotatable bonds is 5. The highest BCUT2D eigenvalue weighted by Gasteiger charge is 2.21. The van der Waals surface area contributed by atoms with E-state index in [1.165, 1.54) is 30.3 Å². The molecule has 1 unspecified atom stereocenters. The lowest BCUT2D eigenvalue weighted by Gasteiger charge is -2.27. The predicted molar refractivity (Wildman–Crippen MR) is 111 cm³/mol. The van der Waals surface area contributed by atoms with Gasteiger partial charge in [-0.15, -0.1) is 0 Å². The molecular weight excluding hydrogens is 391 g/mol. The van der Waals surface area contributed by atoms with Crippen LogP contribution in [0.3, 0.4) is 0 Å². The molecule has 8 heteroatoms. The molecule has 0 bridgehead atoms. The summed E-state index contributed by atoms with van der Waals surface area (Å²) in [5.74, 6) is -1.06. The fraction of sp³-hybridized carbons (Fsp3) is 0.273. The fourth-order valence-corrected chi connectivity index (χ4v) is 3.53. The highest BCUT2D eigenvalue weighted by Crippen LogP contribution is 2.30. The molecule has 2 aromatic carbocycles. The van der Waals surface area contributed by atoms with Crippen molar-refractivity contribution < 1.29 is 23.4 Å². The molecule has 0 spiro atoms. The van der Waals surface area contributed by atoms with Crippen LogP contribution in [0.15, 0.2) is 51.7 Å². The van der Waals surface area contributed by atoms with E-state index in [4.69, 9.17) is 9.15 Å². The average Bonchev–Trinajstić information content (AvgIpc) is 2.75. The zero-order valence-electron chi connectivity index (χ0n) is 16.4. The smallest absolute Gasteiger partial charge is 0.335 e. The second-order valence-electron chi connectivity index (χ2n) is 7.17. The molecule has 0 radical (unpaired) electrons. The van der Waals surface area contributed by atoms with E-state index < -0.39 is 12.0 Å². The lowest BCUT2D eigenvalue weighted by Crippen LogP contribution is -2.36. The summed E-state index contributed by atoms with van der Waals surface area (Å²) in [7, 11) is 0. The summed E-state index contributed by atoms with van der Waals surface area (Å²) in [5.41, 5.74) is 1.20. The van der Waals surface area contributed by atoms with Crippen molar-refractivity contribution in [3.8, 4) is 0 Å². The van der Waals surface area contributed by atoms with E-state index in [0.29, 0.717) is 49.0 Å². The maximum atomic E-state index is 13.2. The third-order valence-corrected chi connectivity index (χ3v) is 5.11. The number of hydrogen-bond donors (Lipinski definition) is 2. The summed E-state index contributed by atoms with van der Waals surface area (Å²) < 4.78 is 24.7. The highest BCUT2D eigenvalue weighted by molar-refractivity contribution is 5.94. The van der Waals surface area contributed by atoms with Gasteiger partial charge in [0.05, 0.1) is 30.2 Å². The molecule has 2 heterocycles. The number of hydrogen-bond acceptors (Lipinski definition) is 6. The number of halogens is 1. The van der Waals surface area contributed by atoms with Gasteiger partial charge >= 0.3 is 5.97 Å². The van der Waals surface area contributed by atoms with Crippen molar-refractivity contribution in [3.05, 3.63) is 69.6 Å². The van der Waals surface area contributed by atoms with E-state index >= 15 is 0 Å². The van der Waals surface area contributed by atoms with Gasteiger partial charge in [-0.1, -0.05) is 0 Å². The number of anilines is 2. The Balaban J connectivity index is 1.82. The van der Waals surface area contributed by atoms with Gasteiger partial charge in [0.15, 0.2) is 11.3 Å². The molecule has 1 fully saturated rings. The van der Waals surface area contributed by atoms with Gasteiger partial charge < -0.3 is 24.5 Å². The van der Waals surface area contributed by atoms with Gasteiger partial charge in [-0.25, -0.2) is 9.18 Å². The summed E-state index contributed by atoms with van der Waals surface area (Å²) in [4.78, 5) is 26.4. The summed E-state index contributed by atoms with van der Waals surface area (Å²) in [6.07, 6.45) is 0. The summed E-state index contributed by atoms with van der Waals surface area (Å²) in [6, 6.07) is 9.66. The molecule has 4 rings (SSSR count). The molecule has 2 N–H and O–H groups in total. The van der Waals surface area contributed by atoms with Crippen molar-refractivity contribution in [3.63, 3.8) is 0 Å². The minimum absolute atomic E-state index is 0.00308. The molecule has 0 aliphatic carbocycles. The van der Waals surface area contributed by atoms with Crippen molar-refractivity contribution in [2.24, 2.45) is 0 Å². The van der Waals surface area contributed by atoms with Crippen molar-refractivity contribution in [2.75, 3.05) is 36.5 Å². The van der Waals surface area contributed by atoms with Gasteiger partial charge in [0.2, 0.25) is 0 Å². The topological polar surface area (TPSA) is 92.0 Å². The maximum absolute atomic E-state index is 13.2. The Morgan fingerprint density at radius 2 is 1.87 bits per heavy atom. The first-order chi connectivity index (χ1) is 14.4. The Kier molecular flexibility index (Phi) is 5.41. The Hall–Kier alpha value is -3.39. The first-order valence-electron chi connectivity index (χ1n) is 9.62. The quantitative estimate of drug-likeness (QED) is 0.661. The van der Waals surface area contributed by atoms with E-state index in [1.807, 2.05) is 11.8 Å². The Morgan fingerprint density at radius 1 is 1.17 bits per heavy atom. The lowest BCUT2D eigenvalue weighted by molar-refractivity contribution is 0.0697. The van der Waals surface area contributed by atoms with Crippen LogP contribution in [0.2, 0.25) is 0 Å². The van der Waals surface area contributed by atoms with Gasteiger partial charge in [0.25, 0.3) is 0 Å². The molecule has 3 aromatic rings. The van der Waals surface area contributed by atoms with Gasteiger partial charge in [-0.05, 0) is 43.3 Å². The number of benzene rings is 2. The molecule has 1 saturated heterocycles. The van der Waals surface area contributed by atoms with Crippen molar-refractivity contribution in [1.82, 2.24) is 0 Å². The first kappa shape index (κ1) is 19.9. The van der Waals surface area contributed by atoms with Crippen LogP contribution in [0.5, 0.6) is 0 Å². The number of carboxylic acid groups (broad SMARTS) is 1. The predicted octanol–water partition coefficient (Wildman–Crippen LogP) is 3.64. The van der Waals surface area contributed by atoms with Crippen molar-refractivity contribution in [2.45, 2.75) is 13.0 Å². The molecule has 1 aliphatic heterocycles. The number of ether oxygens (including phenoxy) is 1. The number of morpholine rings is 1. The van der Waals surface area contributed by atoms with E-state index in [9.17, 15) is 19.1 Å². The van der Waals surface area contributed by atoms with Crippen molar-refractivity contribution in [1.29, 1.82) is 0 Å². The van der Waals surface area contributed by atoms with Gasteiger partial charge in [0, 0.05) is 30.4 Å². The number of carbonyl (C=O) groups is 1. The van der Waals surface area contributed by atoms with Crippen LogP contribution in [0.25, 0.3) is 11.0 Å². The molecular formula is C22H21FN2O5. The summed E-state index contributed by atoms with van der Waals surface area (Å²) >= 11 is 0. The van der Waals surface area contributed by atoms with Crippen LogP contribution in [0.4, 0.5) is 16.0 Å². The SMILES string of the molecule is CC(Nc1ccc(F)cc1)c1cc(C(=O)O)cc2c(=O)cc(N3CCOCC3)oc12. The van der Waals surface area contributed by atoms with E-state index in [2.05, 4.69) is 5.32 Å². The minimum Gasteiger partial charge on any atom is -0.478 e. The Labute approximate surface area is 171 Å². The summed E-state index contributed by atoms with van der Waals surface area (Å²) in [5, 5.41) is 12.9. The number of fused-ring (bicyclic) bond motifs is 1. The Morgan fingerprint density at radius 3 is 2.53 bits per heavy atom. The van der Waals surface area contributed by atoms with Crippen LogP contribution in [0, 0.1) is 5.82 Å². The van der Waals surface area contributed by atoms with Gasteiger partial charge in [-0.2, -0.15) is 0 Å². The number of nitrogens with zero attached hydrogens (tertiary/aromatic N) is 1. The van der Waals surface area contributed by atoms with Crippen LogP contribution in [-0.4, -0.2) is 37.4 Å². The molecule has 0 amide bonds. The molecule has 1 aliphatic rings. The molecule has 30 heavy (non-hydrogen) atoms. The Bertz CT molecular complexity index is 1140. The first-order valence-corrected chi connectivity index (χ1v) is 9.62. The number of carboxylic acids is 1. The van der Waals surface area contributed by atoms with Gasteiger partial charge in [0.1, 0.15) is 11.4 Å². The minimum atomic E-state index is -1.14. The highest BCUT2D eigenvalue weighted by atomic mass is 19.1. The zero-order chi connectivity index (χ0) is 21.3. The van der Waals surface area contributed by atoms with Crippen LogP contribution < -0.4 is 15.6 Å². The standard InChI is InChI=1S/C22H21FN2O5/c1-13(24-16-4-2-15(23)3-5-16)17-10-14(22(27)28)11-18-19(26)12-20(30-21(17)18)25-6-8-29-9-7-25/h2-5,10-13,24H,6-9H2,1H3,(H,27,28). The zero-order valence-corrected chi connectivity index (χ0v) is 16.4. The molecule has 0 saturated carbocycles. The third-order valence-electron chi connectivity index (χ3n) is 5.11. The number of aromatic carboxylic acids is 1. The second-order valence-corrected chi connectivity index (χ2v) is 7.17. The molecule has 1 aromatic heterocycles. The van der Waals surface area contributed by atoms with Gasteiger partial charge in [-0.3, -0.25) is 4.79 Å². The monoisotopic (exact) mass is 412 g/mol. The summed E-state index contributed by atoms with van der Waals surface area (Å²) in [6.45, 7) is 4.09. The molecule has 156 valence electrons. The third kappa shape index (κ3) is 3.99. The van der Waals surface area contributed by atoms with Crippen molar-refractivity contribution >= 4 is 28.5 Å². The lowest BCUT2D eigenvalue weighted by atomic mass is 10.0. The van der Waals surface area contributed by atoms with Crippen LogP contribution in [0.1, 0.15) is 28.9 Å². The van der Waals surface area contributed by atoms with E-state index in [0.717, 1.165) is 0 Å². The van der Waals surface area contributed by atoms with Crippen LogP contribution >= 0.6 is 0 Å². The molecule has 7 nitrogen and oxygen atoms in total. The average molecular weight is 412 g/mol. The van der Waals surface area contributed by atoms with E-state index in [1.54, 1.807) is 12.1 Å². The largest absolute Gasteiger partial charge is 0.478 e. The van der Waals surface area contributed by atoms with E-state index in [-0.39, 0.29) is 22.2 Å². The second kappa shape index (κ2) is 8.16. The maximum Gasteiger partial charge on any atom is 0.335 e. The normalized spacial score (nSPS) is 15.2.